The van der Waals surface area contributed by atoms with E-state index in [9.17, 15) is 0 Å². The summed E-state index contributed by atoms with van der Waals surface area (Å²) in [7, 11) is 0. The second-order valence-corrected chi connectivity index (χ2v) is 6.88. The van der Waals surface area contributed by atoms with E-state index in [1.54, 1.807) is 0 Å². The lowest BCUT2D eigenvalue weighted by Gasteiger charge is -2.33. The van der Waals surface area contributed by atoms with E-state index in [1.165, 1.54) is 21.7 Å². The molecular formula is C24H16O2. The molecule has 124 valence electrons. The van der Waals surface area contributed by atoms with Crippen molar-refractivity contribution in [2.45, 2.75) is 6.10 Å². The van der Waals surface area contributed by atoms with Crippen LogP contribution in [0.1, 0.15) is 11.1 Å². The van der Waals surface area contributed by atoms with Crippen molar-refractivity contribution >= 4 is 33.2 Å². The van der Waals surface area contributed by atoms with Crippen molar-refractivity contribution in [2.24, 2.45) is 0 Å². The first kappa shape index (κ1) is 14.0. The average Bonchev–Trinajstić information content (AvgIpc) is 2.72. The van der Waals surface area contributed by atoms with Gasteiger partial charge in [0.05, 0.1) is 0 Å². The van der Waals surface area contributed by atoms with Gasteiger partial charge in [0.2, 0.25) is 0 Å². The molecule has 0 aliphatic carbocycles. The Morgan fingerprint density at radius 2 is 1.46 bits per heavy atom. The molecule has 0 spiro atoms. The molecule has 2 heteroatoms. The molecular weight excluding hydrogens is 320 g/mol. The van der Waals surface area contributed by atoms with E-state index >= 15 is 0 Å². The fraction of sp³-hybridized carbons (Fsp3) is 0.0833. The lowest BCUT2D eigenvalue weighted by molar-refractivity contribution is 0.161. The van der Waals surface area contributed by atoms with Gasteiger partial charge in [0.15, 0.2) is 6.10 Å². The van der Waals surface area contributed by atoms with Crippen molar-refractivity contribution in [3.05, 3.63) is 83.9 Å². The Labute approximate surface area is 151 Å². The molecule has 2 heterocycles. The van der Waals surface area contributed by atoms with Crippen LogP contribution in [0.4, 0.5) is 0 Å². The Kier molecular flexibility index (Phi) is 2.75. The lowest BCUT2D eigenvalue weighted by atomic mass is 9.89. The van der Waals surface area contributed by atoms with Crippen LogP contribution in [0.5, 0.6) is 11.5 Å². The molecule has 0 unspecified atom stereocenters. The summed E-state index contributed by atoms with van der Waals surface area (Å²) in [5.41, 5.74) is 3.51. The van der Waals surface area contributed by atoms with Crippen molar-refractivity contribution < 1.29 is 9.47 Å². The highest BCUT2D eigenvalue weighted by molar-refractivity contribution is 6.03. The van der Waals surface area contributed by atoms with Crippen molar-refractivity contribution in [3.63, 3.8) is 0 Å². The van der Waals surface area contributed by atoms with Crippen LogP contribution in [0.25, 0.3) is 33.2 Å². The van der Waals surface area contributed by atoms with Gasteiger partial charge in [-0.2, -0.15) is 0 Å². The van der Waals surface area contributed by atoms with Crippen LogP contribution in [-0.4, -0.2) is 12.7 Å². The first-order chi connectivity index (χ1) is 12.9. The first-order valence-corrected chi connectivity index (χ1v) is 8.93. The fourth-order valence-electron chi connectivity index (χ4n) is 4.15. The molecule has 4 aromatic carbocycles. The molecule has 0 saturated heterocycles. The Morgan fingerprint density at radius 3 is 2.35 bits per heavy atom. The molecule has 0 saturated carbocycles. The third-order valence-electron chi connectivity index (χ3n) is 5.42. The topological polar surface area (TPSA) is 18.5 Å². The number of hydrogen-bond donors (Lipinski definition) is 0. The number of rotatable bonds is 0. The first-order valence-electron chi connectivity index (χ1n) is 8.93. The van der Waals surface area contributed by atoms with E-state index in [0.717, 1.165) is 28.0 Å². The fourth-order valence-corrected chi connectivity index (χ4v) is 4.15. The summed E-state index contributed by atoms with van der Waals surface area (Å²) < 4.78 is 12.5. The third kappa shape index (κ3) is 1.87. The summed E-state index contributed by atoms with van der Waals surface area (Å²) in [4.78, 5) is 0. The SMILES string of the molecule is C1=C2c3ccc4ccccc4c3OC[C@H]2Oc2ccc3ccccc3c21. The van der Waals surface area contributed by atoms with Gasteiger partial charge in [0.25, 0.3) is 0 Å². The second-order valence-electron chi connectivity index (χ2n) is 6.88. The normalized spacial score (nSPS) is 17.5. The zero-order valence-corrected chi connectivity index (χ0v) is 14.1. The second kappa shape index (κ2) is 5.12. The molecule has 0 N–H and O–H groups in total. The number of hydrogen-bond acceptors (Lipinski definition) is 2. The Bertz CT molecular complexity index is 1220. The summed E-state index contributed by atoms with van der Waals surface area (Å²) in [5, 5.41) is 4.82. The zero-order chi connectivity index (χ0) is 17.1. The zero-order valence-electron chi connectivity index (χ0n) is 14.1. The van der Waals surface area contributed by atoms with Crippen LogP contribution in [0.15, 0.2) is 72.8 Å². The van der Waals surface area contributed by atoms with Crippen LogP contribution in [0.3, 0.4) is 0 Å². The van der Waals surface area contributed by atoms with Gasteiger partial charge in [-0.05, 0) is 28.3 Å². The molecule has 2 aliphatic rings. The molecule has 26 heavy (non-hydrogen) atoms. The maximum Gasteiger partial charge on any atom is 0.158 e. The Morgan fingerprint density at radius 1 is 0.731 bits per heavy atom. The molecule has 2 nitrogen and oxygen atoms in total. The smallest absolute Gasteiger partial charge is 0.158 e. The van der Waals surface area contributed by atoms with Crippen LogP contribution in [0, 0.1) is 0 Å². The standard InChI is InChI=1S/C24H16O2/c1-3-7-17-15(5-1)10-12-22-20(17)13-21-19-11-9-16-6-2-4-8-18(16)24(19)25-14-23(21)26-22/h1-13,23H,14H2/t23-/m1/s1. The van der Waals surface area contributed by atoms with Crippen LogP contribution in [-0.2, 0) is 0 Å². The van der Waals surface area contributed by atoms with E-state index < -0.39 is 0 Å². The van der Waals surface area contributed by atoms with Crippen LogP contribution >= 0.6 is 0 Å². The predicted octanol–water partition coefficient (Wildman–Crippen LogP) is 5.69. The molecule has 0 aromatic heterocycles. The van der Waals surface area contributed by atoms with Crippen LogP contribution in [0.2, 0.25) is 0 Å². The molecule has 4 aromatic rings. The van der Waals surface area contributed by atoms with Crippen molar-refractivity contribution in [3.8, 4) is 11.5 Å². The maximum atomic E-state index is 6.32. The summed E-state index contributed by atoms with van der Waals surface area (Å²) in [6.45, 7) is 0.541. The monoisotopic (exact) mass is 336 g/mol. The molecule has 2 aliphatic heterocycles. The van der Waals surface area contributed by atoms with Gasteiger partial charge >= 0.3 is 0 Å². The minimum atomic E-state index is -0.0580. The molecule has 0 amide bonds. The number of fused-ring (bicyclic) bond motifs is 8. The Hall–Kier alpha value is -3.26. The Balaban J connectivity index is 1.63. The molecule has 0 radical (unpaired) electrons. The molecule has 0 fully saturated rings. The van der Waals surface area contributed by atoms with E-state index in [2.05, 4.69) is 78.9 Å². The van der Waals surface area contributed by atoms with E-state index in [0.29, 0.717) is 6.61 Å². The lowest BCUT2D eigenvalue weighted by Crippen LogP contribution is -2.32. The summed E-state index contributed by atoms with van der Waals surface area (Å²) in [6, 6.07) is 25.4. The molecule has 6 rings (SSSR count). The van der Waals surface area contributed by atoms with Gasteiger partial charge < -0.3 is 9.47 Å². The van der Waals surface area contributed by atoms with Gasteiger partial charge in [0, 0.05) is 22.1 Å². The average molecular weight is 336 g/mol. The number of benzene rings is 4. The van der Waals surface area contributed by atoms with E-state index in [4.69, 9.17) is 9.47 Å². The van der Waals surface area contributed by atoms with E-state index in [-0.39, 0.29) is 6.10 Å². The minimum absolute atomic E-state index is 0.0580. The highest BCUT2D eigenvalue weighted by Gasteiger charge is 2.31. The quantitative estimate of drug-likeness (QED) is 0.411. The maximum absolute atomic E-state index is 6.32. The van der Waals surface area contributed by atoms with Gasteiger partial charge in [-0.3, -0.25) is 0 Å². The van der Waals surface area contributed by atoms with Crippen molar-refractivity contribution in [1.82, 2.24) is 0 Å². The third-order valence-corrected chi connectivity index (χ3v) is 5.42. The van der Waals surface area contributed by atoms with Gasteiger partial charge in [-0.15, -0.1) is 0 Å². The number of ether oxygens (including phenoxy) is 2. The van der Waals surface area contributed by atoms with Gasteiger partial charge in [-0.25, -0.2) is 0 Å². The van der Waals surface area contributed by atoms with Crippen LogP contribution < -0.4 is 9.47 Å². The van der Waals surface area contributed by atoms with Crippen molar-refractivity contribution in [2.75, 3.05) is 6.61 Å². The largest absolute Gasteiger partial charge is 0.488 e. The summed E-state index contributed by atoms with van der Waals surface area (Å²) >= 11 is 0. The minimum Gasteiger partial charge on any atom is -0.488 e. The summed E-state index contributed by atoms with van der Waals surface area (Å²) in [5.74, 6) is 1.91. The highest BCUT2D eigenvalue weighted by Crippen LogP contribution is 2.45. The molecule has 1 atom stereocenters. The van der Waals surface area contributed by atoms with Crippen molar-refractivity contribution in [1.29, 1.82) is 0 Å². The van der Waals surface area contributed by atoms with Gasteiger partial charge in [0.1, 0.15) is 18.1 Å². The summed E-state index contributed by atoms with van der Waals surface area (Å²) in [6.07, 6.45) is 2.24. The predicted molar refractivity (Wildman–Crippen MR) is 106 cm³/mol. The molecule has 0 bridgehead atoms. The highest BCUT2D eigenvalue weighted by atomic mass is 16.5. The van der Waals surface area contributed by atoms with E-state index in [1.807, 2.05) is 0 Å². The van der Waals surface area contributed by atoms with Gasteiger partial charge in [-0.1, -0.05) is 66.7 Å².